The van der Waals surface area contributed by atoms with Crippen molar-refractivity contribution in [3.05, 3.63) is 56.7 Å². The van der Waals surface area contributed by atoms with Gasteiger partial charge >= 0.3 is 0 Å². The van der Waals surface area contributed by atoms with Gasteiger partial charge in [-0.15, -0.1) is 11.3 Å². The summed E-state index contributed by atoms with van der Waals surface area (Å²) in [7, 11) is 1.79. The van der Waals surface area contributed by atoms with Gasteiger partial charge in [0.1, 0.15) is 11.6 Å². The van der Waals surface area contributed by atoms with Crippen LogP contribution >= 0.6 is 22.9 Å². The van der Waals surface area contributed by atoms with Gasteiger partial charge in [-0.3, -0.25) is 0 Å². The molecule has 96 valence electrons. The van der Waals surface area contributed by atoms with E-state index in [4.69, 9.17) is 11.6 Å². The Labute approximate surface area is 113 Å². The molecule has 1 nitrogen and oxygen atoms in total. The van der Waals surface area contributed by atoms with Crippen LogP contribution in [0.3, 0.4) is 0 Å². The second kappa shape index (κ2) is 5.78. The average Bonchev–Trinajstić information content (AvgIpc) is 2.77. The van der Waals surface area contributed by atoms with Crippen LogP contribution in [0.1, 0.15) is 16.5 Å². The summed E-state index contributed by atoms with van der Waals surface area (Å²) >= 11 is 7.31. The molecule has 1 heterocycles. The molecule has 0 bridgehead atoms. The van der Waals surface area contributed by atoms with E-state index in [-0.39, 0.29) is 11.9 Å². The molecule has 0 amide bonds. The van der Waals surface area contributed by atoms with E-state index in [2.05, 4.69) is 5.32 Å². The van der Waals surface area contributed by atoms with E-state index in [9.17, 15) is 8.78 Å². The molecule has 1 aromatic carbocycles. The predicted molar refractivity (Wildman–Crippen MR) is 71.2 cm³/mol. The maximum atomic E-state index is 13.6. The minimum Gasteiger partial charge on any atom is -0.312 e. The lowest BCUT2D eigenvalue weighted by atomic mass is 10.0. The van der Waals surface area contributed by atoms with E-state index in [1.54, 1.807) is 13.1 Å². The van der Waals surface area contributed by atoms with Crippen LogP contribution < -0.4 is 5.32 Å². The molecule has 0 saturated heterocycles. The first-order valence-electron chi connectivity index (χ1n) is 5.46. The summed E-state index contributed by atoms with van der Waals surface area (Å²) in [5.74, 6) is -0.815. The van der Waals surface area contributed by atoms with Crippen LogP contribution in [-0.2, 0) is 6.42 Å². The van der Waals surface area contributed by atoms with Crippen LogP contribution in [0.2, 0.25) is 4.34 Å². The SMILES string of the molecule is CNC(Cc1cc(F)ccc1F)c1ccc(Cl)s1. The fourth-order valence-electron chi connectivity index (χ4n) is 1.78. The number of likely N-dealkylation sites (N-methyl/N-ethyl adjacent to an activating group) is 1. The van der Waals surface area contributed by atoms with Gasteiger partial charge in [-0.1, -0.05) is 11.6 Å². The van der Waals surface area contributed by atoms with Crippen molar-refractivity contribution in [2.24, 2.45) is 0 Å². The molecular formula is C13H12ClF2NS. The Morgan fingerprint density at radius 3 is 2.67 bits per heavy atom. The second-order valence-corrected chi connectivity index (χ2v) is 5.67. The molecule has 0 spiro atoms. The summed E-state index contributed by atoms with van der Waals surface area (Å²) in [5, 5.41) is 3.09. The van der Waals surface area contributed by atoms with Gasteiger partial charge in [0.15, 0.2) is 0 Å². The molecule has 18 heavy (non-hydrogen) atoms. The van der Waals surface area contributed by atoms with Crippen LogP contribution in [0, 0.1) is 11.6 Å². The maximum absolute atomic E-state index is 13.6. The topological polar surface area (TPSA) is 12.0 Å². The number of rotatable bonds is 4. The highest BCUT2D eigenvalue weighted by molar-refractivity contribution is 7.16. The van der Waals surface area contributed by atoms with Gasteiger partial charge in [0.2, 0.25) is 0 Å². The molecule has 0 aliphatic carbocycles. The lowest BCUT2D eigenvalue weighted by Gasteiger charge is -2.15. The molecule has 0 radical (unpaired) electrons. The summed E-state index contributed by atoms with van der Waals surface area (Å²) < 4.78 is 27.4. The Kier molecular flexibility index (Phi) is 4.32. The van der Waals surface area contributed by atoms with Gasteiger partial charge in [-0.2, -0.15) is 0 Å². The second-order valence-electron chi connectivity index (χ2n) is 3.92. The number of hydrogen-bond donors (Lipinski definition) is 1. The molecule has 0 aliphatic heterocycles. The van der Waals surface area contributed by atoms with Crippen molar-refractivity contribution in [3.63, 3.8) is 0 Å². The molecule has 2 rings (SSSR count). The highest BCUT2D eigenvalue weighted by Crippen LogP contribution is 2.29. The molecule has 0 saturated carbocycles. The van der Waals surface area contributed by atoms with Crippen molar-refractivity contribution in [1.82, 2.24) is 5.32 Å². The quantitative estimate of drug-likeness (QED) is 0.889. The smallest absolute Gasteiger partial charge is 0.126 e. The number of benzene rings is 1. The summed E-state index contributed by atoms with van der Waals surface area (Å²) in [6.45, 7) is 0. The Bertz CT molecular complexity index is 542. The minimum atomic E-state index is -0.425. The van der Waals surface area contributed by atoms with Crippen LogP contribution in [0.25, 0.3) is 0 Å². The third-order valence-electron chi connectivity index (χ3n) is 2.72. The zero-order valence-corrected chi connectivity index (χ0v) is 11.3. The van der Waals surface area contributed by atoms with Crippen LogP contribution in [-0.4, -0.2) is 7.05 Å². The summed E-state index contributed by atoms with van der Waals surface area (Å²) in [5.41, 5.74) is 0.360. The van der Waals surface area contributed by atoms with Gasteiger partial charge in [-0.25, -0.2) is 8.78 Å². The molecular weight excluding hydrogens is 276 g/mol. The summed E-state index contributed by atoms with van der Waals surface area (Å²) in [6, 6.07) is 7.13. The van der Waals surface area contributed by atoms with Crippen LogP contribution in [0.4, 0.5) is 8.78 Å². The molecule has 0 aliphatic rings. The number of halogens is 3. The first kappa shape index (κ1) is 13.5. The van der Waals surface area contributed by atoms with Crippen molar-refractivity contribution < 1.29 is 8.78 Å². The van der Waals surface area contributed by atoms with E-state index >= 15 is 0 Å². The van der Waals surface area contributed by atoms with Crippen LogP contribution in [0.5, 0.6) is 0 Å². The third kappa shape index (κ3) is 3.07. The monoisotopic (exact) mass is 287 g/mol. The van der Waals surface area contributed by atoms with Gasteiger partial charge in [0.25, 0.3) is 0 Å². The van der Waals surface area contributed by atoms with E-state index in [0.717, 1.165) is 17.0 Å². The predicted octanol–water partition coefficient (Wildman–Crippen LogP) is 4.18. The van der Waals surface area contributed by atoms with Crippen molar-refractivity contribution in [2.45, 2.75) is 12.5 Å². The largest absolute Gasteiger partial charge is 0.312 e. The molecule has 1 unspecified atom stereocenters. The molecule has 1 atom stereocenters. The Morgan fingerprint density at radius 1 is 1.28 bits per heavy atom. The van der Waals surface area contributed by atoms with Gasteiger partial charge in [0.05, 0.1) is 4.34 Å². The van der Waals surface area contributed by atoms with E-state index < -0.39 is 5.82 Å². The van der Waals surface area contributed by atoms with Crippen molar-refractivity contribution in [3.8, 4) is 0 Å². The highest BCUT2D eigenvalue weighted by Gasteiger charge is 2.15. The zero-order chi connectivity index (χ0) is 13.1. The maximum Gasteiger partial charge on any atom is 0.126 e. The van der Waals surface area contributed by atoms with Crippen molar-refractivity contribution in [1.29, 1.82) is 0 Å². The zero-order valence-electron chi connectivity index (χ0n) is 9.71. The molecule has 2 aromatic rings. The van der Waals surface area contributed by atoms with E-state index in [1.165, 1.54) is 17.4 Å². The first-order valence-corrected chi connectivity index (χ1v) is 6.66. The van der Waals surface area contributed by atoms with Gasteiger partial charge in [-0.05, 0) is 49.4 Å². The average molecular weight is 288 g/mol. The lowest BCUT2D eigenvalue weighted by Crippen LogP contribution is -2.18. The lowest BCUT2D eigenvalue weighted by molar-refractivity contribution is 0.548. The third-order valence-corrected chi connectivity index (χ3v) is 4.06. The van der Waals surface area contributed by atoms with Crippen molar-refractivity contribution in [2.75, 3.05) is 7.05 Å². The normalized spacial score (nSPS) is 12.7. The highest BCUT2D eigenvalue weighted by atomic mass is 35.5. The molecule has 0 fully saturated rings. The van der Waals surface area contributed by atoms with Gasteiger partial charge < -0.3 is 5.32 Å². The fraction of sp³-hybridized carbons (Fsp3) is 0.231. The first-order chi connectivity index (χ1) is 8.60. The summed E-state index contributed by atoms with van der Waals surface area (Å²) in [4.78, 5) is 1.01. The van der Waals surface area contributed by atoms with Gasteiger partial charge in [0, 0.05) is 10.9 Å². The Hall–Kier alpha value is -0.970. The number of thiophene rings is 1. The molecule has 5 heteroatoms. The number of hydrogen-bond acceptors (Lipinski definition) is 2. The summed E-state index contributed by atoms with van der Waals surface area (Å²) in [6.07, 6.45) is 0.386. The number of nitrogens with one attached hydrogen (secondary N) is 1. The molecule has 1 N–H and O–H groups in total. The van der Waals surface area contributed by atoms with E-state index in [0.29, 0.717) is 16.3 Å². The Balaban J connectivity index is 2.22. The van der Waals surface area contributed by atoms with E-state index in [1.807, 2.05) is 6.07 Å². The Morgan fingerprint density at radius 2 is 2.06 bits per heavy atom. The van der Waals surface area contributed by atoms with Crippen LogP contribution in [0.15, 0.2) is 30.3 Å². The fourth-order valence-corrected chi connectivity index (χ4v) is 2.95. The molecule has 1 aromatic heterocycles. The standard InChI is InChI=1S/C13H12ClF2NS/c1-17-11(12-4-5-13(14)18-12)7-8-6-9(15)2-3-10(8)16/h2-6,11,17H,7H2,1H3. The van der Waals surface area contributed by atoms with Crippen molar-refractivity contribution >= 4 is 22.9 Å². The minimum absolute atomic E-state index is 0.0706.